The summed E-state index contributed by atoms with van der Waals surface area (Å²) in [4.78, 5) is 4.50. The van der Waals surface area contributed by atoms with Crippen LogP contribution in [-0.2, 0) is 0 Å². The highest BCUT2D eigenvalue weighted by molar-refractivity contribution is 9.10. The van der Waals surface area contributed by atoms with Crippen LogP contribution in [0, 0.1) is 5.41 Å². The summed E-state index contributed by atoms with van der Waals surface area (Å²) in [5, 5.41) is 3.53. The molecule has 0 saturated carbocycles. The van der Waals surface area contributed by atoms with Crippen LogP contribution in [0.5, 0.6) is 0 Å². The molecule has 0 fully saturated rings. The van der Waals surface area contributed by atoms with E-state index in [-0.39, 0.29) is 0 Å². The van der Waals surface area contributed by atoms with Gasteiger partial charge in [0, 0.05) is 10.7 Å². The summed E-state index contributed by atoms with van der Waals surface area (Å²) < 4.78 is 1.10. The SMILES string of the molecule is CCNC(CCCC(C)(C)C)c1ncccc1Br. The monoisotopic (exact) mass is 312 g/mol. The predicted molar refractivity (Wildman–Crippen MR) is 81.7 cm³/mol. The molecule has 0 amide bonds. The van der Waals surface area contributed by atoms with Gasteiger partial charge in [0.05, 0.1) is 11.7 Å². The zero-order chi connectivity index (χ0) is 13.6. The van der Waals surface area contributed by atoms with E-state index in [1.165, 1.54) is 12.8 Å². The van der Waals surface area contributed by atoms with E-state index >= 15 is 0 Å². The molecule has 0 saturated heterocycles. The summed E-state index contributed by atoms with van der Waals surface area (Å²) in [7, 11) is 0. The Kier molecular flexibility index (Phi) is 6.30. The standard InChI is InChI=1S/C15H25BrN2/c1-5-17-13(9-6-10-15(2,3)4)14-12(16)8-7-11-18-14/h7-8,11,13,17H,5-6,9-10H2,1-4H3. The minimum absolute atomic E-state index is 0.355. The van der Waals surface area contributed by atoms with Crippen molar-refractivity contribution in [2.45, 2.75) is 53.0 Å². The van der Waals surface area contributed by atoms with Crippen molar-refractivity contribution in [2.24, 2.45) is 5.41 Å². The van der Waals surface area contributed by atoms with Crippen molar-refractivity contribution in [1.29, 1.82) is 0 Å². The van der Waals surface area contributed by atoms with Gasteiger partial charge < -0.3 is 5.32 Å². The quantitative estimate of drug-likeness (QED) is 0.822. The Morgan fingerprint density at radius 3 is 2.67 bits per heavy atom. The Hall–Kier alpha value is -0.410. The number of rotatable bonds is 6. The average molecular weight is 313 g/mol. The predicted octanol–water partition coefficient (Wildman–Crippen LogP) is 4.71. The Labute approximate surface area is 120 Å². The van der Waals surface area contributed by atoms with E-state index in [2.05, 4.69) is 60.0 Å². The van der Waals surface area contributed by atoms with E-state index < -0.39 is 0 Å². The molecule has 1 atom stereocenters. The van der Waals surface area contributed by atoms with Gasteiger partial charge in [0.1, 0.15) is 0 Å². The van der Waals surface area contributed by atoms with Crippen LogP contribution < -0.4 is 5.32 Å². The Balaban J connectivity index is 2.63. The van der Waals surface area contributed by atoms with Crippen molar-refractivity contribution in [1.82, 2.24) is 10.3 Å². The summed E-state index contributed by atoms with van der Waals surface area (Å²) in [6.07, 6.45) is 5.48. The van der Waals surface area contributed by atoms with Gasteiger partial charge in [0.25, 0.3) is 0 Å². The Morgan fingerprint density at radius 1 is 1.39 bits per heavy atom. The molecule has 1 N–H and O–H groups in total. The third-order valence-electron chi connectivity index (χ3n) is 2.99. The molecule has 1 rings (SSSR count). The zero-order valence-electron chi connectivity index (χ0n) is 12.0. The van der Waals surface area contributed by atoms with Crippen LogP contribution in [0.2, 0.25) is 0 Å². The summed E-state index contributed by atoms with van der Waals surface area (Å²) in [5.74, 6) is 0. The second-order valence-corrected chi connectivity index (χ2v) is 6.79. The van der Waals surface area contributed by atoms with E-state index in [4.69, 9.17) is 0 Å². The molecule has 0 bridgehead atoms. The lowest BCUT2D eigenvalue weighted by Crippen LogP contribution is -2.22. The molecule has 0 aromatic carbocycles. The molecule has 3 heteroatoms. The third-order valence-corrected chi connectivity index (χ3v) is 3.66. The van der Waals surface area contributed by atoms with E-state index in [0.29, 0.717) is 11.5 Å². The lowest BCUT2D eigenvalue weighted by Gasteiger charge is -2.22. The van der Waals surface area contributed by atoms with E-state index in [0.717, 1.165) is 23.1 Å². The van der Waals surface area contributed by atoms with Crippen molar-refractivity contribution < 1.29 is 0 Å². The van der Waals surface area contributed by atoms with Crippen LogP contribution >= 0.6 is 15.9 Å². The van der Waals surface area contributed by atoms with Crippen LogP contribution in [0.4, 0.5) is 0 Å². The number of aromatic nitrogens is 1. The highest BCUT2D eigenvalue weighted by atomic mass is 79.9. The molecule has 0 aliphatic carbocycles. The number of nitrogens with one attached hydrogen (secondary N) is 1. The van der Waals surface area contributed by atoms with Crippen molar-refractivity contribution in [3.8, 4) is 0 Å². The van der Waals surface area contributed by atoms with Gasteiger partial charge in [0.2, 0.25) is 0 Å². The first-order chi connectivity index (χ1) is 8.44. The summed E-state index contributed by atoms with van der Waals surface area (Å²) in [5.41, 5.74) is 1.55. The van der Waals surface area contributed by atoms with E-state index in [1.54, 1.807) is 0 Å². The fourth-order valence-electron chi connectivity index (χ4n) is 2.07. The Bertz CT molecular complexity index is 358. The molecule has 1 aromatic rings. The molecular formula is C15H25BrN2. The molecule has 0 aliphatic rings. The molecule has 1 aromatic heterocycles. The fourth-order valence-corrected chi connectivity index (χ4v) is 2.60. The molecule has 2 nitrogen and oxygen atoms in total. The van der Waals surface area contributed by atoms with Crippen molar-refractivity contribution in [3.63, 3.8) is 0 Å². The fraction of sp³-hybridized carbons (Fsp3) is 0.667. The van der Waals surface area contributed by atoms with Gasteiger partial charge in [-0.3, -0.25) is 4.98 Å². The highest BCUT2D eigenvalue weighted by Crippen LogP contribution is 2.28. The van der Waals surface area contributed by atoms with Crippen molar-refractivity contribution >= 4 is 15.9 Å². The molecule has 1 unspecified atom stereocenters. The molecular weight excluding hydrogens is 288 g/mol. The highest BCUT2D eigenvalue weighted by Gasteiger charge is 2.16. The van der Waals surface area contributed by atoms with E-state index in [9.17, 15) is 0 Å². The second kappa shape index (κ2) is 7.25. The minimum Gasteiger partial charge on any atom is -0.309 e. The topological polar surface area (TPSA) is 24.9 Å². The number of pyridine rings is 1. The number of nitrogens with zero attached hydrogens (tertiary/aromatic N) is 1. The normalized spacial score (nSPS) is 13.6. The van der Waals surface area contributed by atoms with Gasteiger partial charge in [-0.05, 0) is 52.9 Å². The number of hydrogen-bond donors (Lipinski definition) is 1. The first-order valence-corrected chi connectivity index (χ1v) is 7.57. The van der Waals surface area contributed by atoms with Crippen LogP contribution in [0.15, 0.2) is 22.8 Å². The second-order valence-electron chi connectivity index (χ2n) is 5.93. The minimum atomic E-state index is 0.355. The van der Waals surface area contributed by atoms with Gasteiger partial charge in [-0.2, -0.15) is 0 Å². The van der Waals surface area contributed by atoms with Crippen LogP contribution in [0.25, 0.3) is 0 Å². The lowest BCUT2D eigenvalue weighted by atomic mass is 9.88. The third kappa shape index (κ3) is 5.49. The first kappa shape index (κ1) is 15.6. The maximum absolute atomic E-state index is 4.50. The van der Waals surface area contributed by atoms with Crippen LogP contribution in [0.1, 0.15) is 58.7 Å². The Morgan fingerprint density at radius 2 is 2.11 bits per heavy atom. The zero-order valence-corrected chi connectivity index (χ0v) is 13.5. The average Bonchev–Trinajstić information content (AvgIpc) is 2.27. The largest absolute Gasteiger partial charge is 0.309 e. The maximum Gasteiger partial charge on any atom is 0.0714 e. The molecule has 18 heavy (non-hydrogen) atoms. The first-order valence-electron chi connectivity index (χ1n) is 6.78. The molecule has 0 radical (unpaired) electrons. The van der Waals surface area contributed by atoms with Gasteiger partial charge in [-0.15, -0.1) is 0 Å². The van der Waals surface area contributed by atoms with Crippen LogP contribution in [0.3, 0.4) is 0 Å². The molecule has 1 heterocycles. The van der Waals surface area contributed by atoms with Crippen molar-refractivity contribution in [2.75, 3.05) is 6.54 Å². The lowest BCUT2D eigenvalue weighted by molar-refractivity contribution is 0.343. The summed E-state index contributed by atoms with van der Waals surface area (Å²) >= 11 is 3.60. The van der Waals surface area contributed by atoms with Gasteiger partial charge in [-0.25, -0.2) is 0 Å². The number of halogens is 1. The molecule has 102 valence electrons. The van der Waals surface area contributed by atoms with Crippen LogP contribution in [-0.4, -0.2) is 11.5 Å². The van der Waals surface area contributed by atoms with E-state index in [1.807, 2.05) is 12.3 Å². The molecule has 0 spiro atoms. The maximum atomic E-state index is 4.50. The number of hydrogen-bond acceptors (Lipinski definition) is 2. The summed E-state index contributed by atoms with van der Waals surface area (Å²) in [6, 6.07) is 4.38. The van der Waals surface area contributed by atoms with Gasteiger partial charge >= 0.3 is 0 Å². The molecule has 0 aliphatic heterocycles. The van der Waals surface area contributed by atoms with Gasteiger partial charge in [0.15, 0.2) is 0 Å². The summed E-state index contributed by atoms with van der Waals surface area (Å²) in [6.45, 7) is 10.0. The van der Waals surface area contributed by atoms with Crippen molar-refractivity contribution in [3.05, 3.63) is 28.5 Å². The smallest absolute Gasteiger partial charge is 0.0714 e. The van der Waals surface area contributed by atoms with Gasteiger partial charge in [-0.1, -0.05) is 34.1 Å².